The van der Waals surface area contributed by atoms with Crippen LogP contribution in [0, 0.1) is 6.92 Å². The van der Waals surface area contributed by atoms with E-state index in [4.69, 9.17) is 9.47 Å². The van der Waals surface area contributed by atoms with E-state index in [-0.39, 0.29) is 37.0 Å². The number of benzene rings is 2. The van der Waals surface area contributed by atoms with Crippen LogP contribution < -0.4 is 20.1 Å². The third-order valence-electron chi connectivity index (χ3n) is 7.34. The molecule has 10 nitrogen and oxygen atoms in total. The number of hydrogen-bond donors (Lipinski definition) is 2. The van der Waals surface area contributed by atoms with E-state index in [1.807, 2.05) is 55.3 Å². The van der Waals surface area contributed by atoms with Crippen LogP contribution in [0.25, 0.3) is 0 Å². The van der Waals surface area contributed by atoms with Gasteiger partial charge in [-0.15, -0.1) is 0 Å². The molecule has 3 aliphatic rings. The van der Waals surface area contributed by atoms with Gasteiger partial charge in [-0.2, -0.15) is 0 Å². The molecular formula is C31H35N5O5. The molecular weight excluding hydrogens is 522 g/mol. The highest BCUT2D eigenvalue weighted by molar-refractivity contribution is 5.95. The highest BCUT2D eigenvalue weighted by Crippen LogP contribution is 2.23. The Morgan fingerprint density at radius 3 is 2.66 bits per heavy atom. The number of piperidine rings is 1. The fourth-order valence-corrected chi connectivity index (χ4v) is 5.03. The van der Waals surface area contributed by atoms with Crippen LogP contribution in [0.5, 0.6) is 11.5 Å². The van der Waals surface area contributed by atoms with E-state index < -0.39 is 6.04 Å². The van der Waals surface area contributed by atoms with Crippen molar-refractivity contribution in [1.29, 1.82) is 0 Å². The van der Waals surface area contributed by atoms with E-state index in [9.17, 15) is 14.4 Å². The number of pyridine rings is 1. The van der Waals surface area contributed by atoms with Crippen LogP contribution in [0.3, 0.4) is 0 Å². The Morgan fingerprint density at radius 1 is 1.10 bits per heavy atom. The highest BCUT2D eigenvalue weighted by Gasteiger charge is 2.34. The molecule has 0 saturated carbocycles. The summed E-state index contributed by atoms with van der Waals surface area (Å²) < 4.78 is 12.1. The molecule has 1 aromatic heterocycles. The van der Waals surface area contributed by atoms with Crippen LogP contribution in [-0.2, 0) is 22.7 Å². The van der Waals surface area contributed by atoms with Crippen LogP contribution in [0.4, 0.5) is 0 Å². The fraction of sp³-hybridized carbons (Fsp3) is 0.355. The third kappa shape index (κ3) is 7.40. The van der Waals surface area contributed by atoms with E-state index in [1.165, 1.54) is 0 Å². The topological polar surface area (TPSA) is 113 Å². The molecule has 4 bridgehead atoms. The Morgan fingerprint density at radius 2 is 1.88 bits per heavy atom. The lowest BCUT2D eigenvalue weighted by molar-refractivity contribution is -0.134. The van der Waals surface area contributed by atoms with Gasteiger partial charge >= 0.3 is 0 Å². The number of fused-ring (bicyclic) bond motifs is 7. The van der Waals surface area contributed by atoms with Crippen LogP contribution in [-0.4, -0.2) is 77.9 Å². The molecule has 2 aromatic carbocycles. The number of aryl methyl sites for hydroxylation is 1. The van der Waals surface area contributed by atoms with E-state index in [2.05, 4.69) is 15.6 Å². The van der Waals surface area contributed by atoms with Gasteiger partial charge < -0.3 is 25.0 Å². The maximum atomic E-state index is 13.4. The molecule has 2 atom stereocenters. The molecule has 1 saturated heterocycles. The van der Waals surface area contributed by atoms with Crippen molar-refractivity contribution < 1.29 is 23.9 Å². The molecule has 0 unspecified atom stereocenters. The van der Waals surface area contributed by atoms with Crippen molar-refractivity contribution in [2.45, 2.75) is 38.6 Å². The molecule has 6 rings (SSSR count). The van der Waals surface area contributed by atoms with Crippen molar-refractivity contribution in [1.82, 2.24) is 25.4 Å². The zero-order valence-corrected chi connectivity index (χ0v) is 23.3. The van der Waals surface area contributed by atoms with Gasteiger partial charge in [-0.05, 0) is 67.1 Å². The zero-order valence-electron chi connectivity index (χ0n) is 23.3. The van der Waals surface area contributed by atoms with Gasteiger partial charge in [0, 0.05) is 50.6 Å². The minimum Gasteiger partial charge on any atom is -0.488 e. The lowest BCUT2D eigenvalue weighted by Crippen LogP contribution is -2.59. The molecule has 0 aliphatic carbocycles. The molecule has 3 amide bonds. The van der Waals surface area contributed by atoms with Gasteiger partial charge in [-0.25, -0.2) is 0 Å². The molecule has 10 heteroatoms. The van der Waals surface area contributed by atoms with Gasteiger partial charge in [-0.1, -0.05) is 18.2 Å². The van der Waals surface area contributed by atoms with Crippen molar-refractivity contribution in [3.05, 3.63) is 89.2 Å². The number of hydrogen-bond acceptors (Lipinski definition) is 7. The van der Waals surface area contributed by atoms with E-state index in [0.717, 1.165) is 16.7 Å². The molecule has 1 fully saturated rings. The first-order valence-corrected chi connectivity index (χ1v) is 13.8. The summed E-state index contributed by atoms with van der Waals surface area (Å²) in [6.07, 6.45) is 3.71. The van der Waals surface area contributed by atoms with Crippen molar-refractivity contribution in [2.75, 3.05) is 33.3 Å². The third-order valence-corrected chi connectivity index (χ3v) is 7.34. The summed E-state index contributed by atoms with van der Waals surface area (Å²) in [6.45, 7) is 3.78. The van der Waals surface area contributed by atoms with Crippen LogP contribution in [0.1, 0.15) is 33.5 Å². The fourth-order valence-electron chi connectivity index (χ4n) is 5.03. The number of likely N-dealkylation sites (N-methyl/N-ethyl adjacent to an activating group) is 1. The average Bonchev–Trinajstić information content (AvgIpc) is 2.97. The monoisotopic (exact) mass is 557 g/mol. The smallest absolute Gasteiger partial charge is 0.258 e. The van der Waals surface area contributed by atoms with Gasteiger partial charge in [0.15, 0.2) is 6.61 Å². The number of nitrogens with zero attached hydrogens (tertiary/aromatic N) is 3. The molecule has 214 valence electrons. The average molecular weight is 558 g/mol. The molecule has 3 aromatic rings. The van der Waals surface area contributed by atoms with Gasteiger partial charge in [0.2, 0.25) is 5.91 Å². The second kappa shape index (κ2) is 12.8. The molecule has 4 heterocycles. The second-order valence-electron chi connectivity index (χ2n) is 10.6. The molecule has 0 spiro atoms. The summed E-state index contributed by atoms with van der Waals surface area (Å²) >= 11 is 0. The number of amides is 3. The largest absolute Gasteiger partial charge is 0.488 e. The van der Waals surface area contributed by atoms with Gasteiger partial charge in [0.1, 0.15) is 17.6 Å². The highest BCUT2D eigenvalue weighted by atomic mass is 16.5. The molecule has 2 N–H and O–H groups in total. The Labute approximate surface area is 239 Å². The van der Waals surface area contributed by atoms with Gasteiger partial charge in [0.25, 0.3) is 11.8 Å². The van der Waals surface area contributed by atoms with Crippen LogP contribution >= 0.6 is 0 Å². The first kappa shape index (κ1) is 28.1. The van der Waals surface area contributed by atoms with Crippen molar-refractivity contribution >= 4 is 17.7 Å². The maximum Gasteiger partial charge on any atom is 0.258 e. The standard InChI is InChI=1S/C31H35N5O5/c1-21-3-6-24-15-28(21)40-20-29(37)33-16-22-4-7-25(8-5-22)41-27-11-14-36(18-26(27)34-31(24)39)30(38)19-35(2)17-23-9-12-32-13-10-23/h3-10,12-13,15,26-27H,11,14,16-20H2,1-2H3,(H,33,37)(H,34,39)/t26-,27-/m0/s1. The lowest BCUT2D eigenvalue weighted by Gasteiger charge is -2.39. The number of aromatic nitrogens is 1. The van der Waals surface area contributed by atoms with Crippen molar-refractivity contribution in [2.24, 2.45) is 0 Å². The summed E-state index contributed by atoms with van der Waals surface area (Å²) in [6, 6.07) is 16.1. The summed E-state index contributed by atoms with van der Waals surface area (Å²) in [4.78, 5) is 46.9. The quantitative estimate of drug-likeness (QED) is 0.506. The molecule has 41 heavy (non-hydrogen) atoms. The first-order valence-electron chi connectivity index (χ1n) is 13.8. The number of carbonyl (C=O) groups excluding carboxylic acids is 3. The number of carbonyl (C=O) groups is 3. The molecule has 0 radical (unpaired) electrons. The predicted molar refractivity (Wildman–Crippen MR) is 152 cm³/mol. The number of likely N-dealkylation sites (tertiary alicyclic amines) is 1. The summed E-state index contributed by atoms with van der Waals surface area (Å²) in [5.74, 6) is 0.552. The normalized spacial score (nSPS) is 19.3. The van der Waals surface area contributed by atoms with Crippen LogP contribution in [0.2, 0.25) is 0 Å². The van der Waals surface area contributed by atoms with E-state index >= 15 is 0 Å². The second-order valence-corrected chi connectivity index (χ2v) is 10.6. The number of ether oxygens (including phenoxy) is 2. The van der Waals surface area contributed by atoms with Gasteiger partial charge in [0.05, 0.1) is 12.6 Å². The molecule has 3 aliphatic heterocycles. The Bertz CT molecular complexity index is 1380. The lowest BCUT2D eigenvalue weighted by atomic mass is 10.0. The van der Waals surface area contributed by atoms with E-state index in [1.54, 1.807) is 35.5 Å². The van der Waals surface area contributed by atoms with Gasteiger partial charge in [-0.3, -0.25) is 24.3 Å². The minimum atomic E-state index is -0.435. The zero-order chi connectivity index (χ0) is 28.8. The predicted octanol–water partition coefficient (Wildman–Crippen LogP) is 2.31. The van der Waals surface area contributed by atoms with Crippen molar-refractivity contribution in [3.8, 4) is 11.5 Å². The van der Waals surface area contributed by atoms with Crippen LogP contribution in [0.15, 0.2) is 67.0 Å². The summed E-state index contributed by atoms with van der Waals surface area (Å²) in [5, 5.41) is 5.96. The Balaban J connectivity index is 1.34. The maximum absolute atomic E-state index is 13.4. The summed E-state index contributed by atoms with van der Waals surface area (Å²) in [7, 11) is 1.91. The Hall–Kier alpha value is -4.44. The number of rotatable bonds is 4. The van der Waals surface area contributed by atoms with Crippen molar-refractivity contribution in [3.63, 3.8) is 0 Å². The summed E-state index contributed by atoms with van der Waals surface area (Å²) in [5.41, 5.74) is 3.22. The minimum absolute atomic E-state index is 0.00908. The SMILES string of the molecule is Cc1ccc2cc1OCC(=O)NCc1ccc(cc1)O[C@H]1CCN(C(=O)CN(C)Cc3ccncc3)C[C@@H]1NC2=O. The Kier molecular flexibility index (Phi) is 8.79. The first-order chi connectivity index (χ1) is 19.8. The number of nitrogens with one attached hydrogen (secondary N) is 2. The van der Waals surface area contributed by atoms with E-state index in [0.29, 0.717) is 49.7 Å².